The van der Waals surface area contributed by atoms with Crippen molar-refractivity contribution >= 4 is 33.4 Å². The van der Waals surface area contributed by atoms with E-state index in [4.69, 9.17) is 16.3 Å². The molecule has 1 fully saturated rings. The summed E-state index contributed by atoms with van der Waals surface area (Å²) in [4.78, 5) is 26.1. The molecule has 0 unspecified atom stereocenters. The van der Waals surface area contributed by atoms with Gasteiger partial charge in [-0.1, -0.05) is 25.4 Å². The van der Waals surface area contributed by atoms with Gasteiger partial charge in [0.25, 0.3) is 0 Å². The maximum atomic E-state index is 13.2. The van der Waals surface area contributed by atoms with Gasteiger partial charge in [-0.3, -0.25) is 4.79 Å². The first-order valence-electron chi connectivity index (χ1n) is 12.7. The van der Waals surface area contributed by atoms with Crippen molar-refractivity contribution in [3.63, 3.8) is 0 Å². The van der Waals surface area contributed by atoms with Gasteiger partial charge in [-0.05, 0) is 93.6 Å². The van der Waals surface area contributed by atoms with Crippen LogP contribution in [0.2, 0.25) is 5.02 Å². The summed E-state index contributed by atoms with van der Waals surface area (Å²) < 4.78 is 35.2. The number of aryl methyl sites for hydroxylation is 1. The van der Waals surface area contributed by atoms with Crippen molar-refractivity contribution in [2.75, 3.05) is 13.1 Å². The molecular weight excluding hydrogens is 524 g/mol. The summed E-state index contributed by atoms with van der Waals surface area (Å²) in [5, 5.41) is 0.620. The Morgan fingerprint density at radius 3 is 2.13 bits per heavy atom. The predicted molar refractivity (Wildman–Crippen MR) is 148 cm³/mol. The molecule has 0 saturated carbocycles. The Balaban J connectivity index is 1.46. The topological polar surface area (TPSA) is 85.7 Å². The lowest BCUT2D eigenvalue weighted by Crippen LogP contribution is -2.42. The molecule has 0 spiro atoms. The molecule has 0 amide bonds. The minimum Gasteiger partial charge on any atom is -0.451 e. The molecule has 3 atom stereocenters. The van der Waals surface area contributed by atoms with E-state index in [0.29, 0.717) is 23.7 Å². The van der Waals surface area contributed by atoms with Crippen LogP contribution in [0.5, 0.6) is 0 Å². The number of carbonyl (C=O) groups is 2. The van der Waals surface area contributed by atoms with Crippen LogP contribution in [0.1, 0.15) is 59.3 Å². The second-order valence-corrected chi connectivity index (χ2v) is 12.7. The number of piperidine rings is 1. The lowest BCUT2D eigenvalue weighted by Gasteiger charge is -2.34. The molecule has 0 bridgehead atoms. The Kier molecular flexibility index (Phi) is 8.16. The summed E-state index contributed by atoms with van der Waals surface area (Å²) in [6.07, 6.45) is -0.0278. The van der Waals surface area contributed by atoms with E-state index in [0.717, 1.165) is 23.5 Å². The predicted octanol–water partition coefficient (Wildman–Crippen LogP) is 5.84. The van der Waals surface area contributed by atoms with E-state index in [9.17, 15) is 18.0 Å². The average molecular weight is 557 g/mol. The largest absolute Gasteiger partial charge is 0.451 e. The first kappa shape index (κ1) is 28.1. The number of aromatic nitrogens is 1. The molecule has 3 aromatic rings. The summed E-state index contributed by atoms with van der Waals surface area (Å²) in [5.41, 5.74) is 3.10. The summed E-state index contributed by atoms with van der Waals surface area (Å²) in [7, 11) is -3.66. The number of nitrogens with zero attached hydrogens (tertiary/aromatic N) is 2. The quantitative estimate of drug-likeness (QED) is 0.269. The van der Waals surface area contributed by atoms with E-state index in [-0.39, 0.29) is 28.1 Å². The van der Waals surface area contributed by atoms with Crippen molar-refractivity contribution in [1.29, 1.82) is 0 Å². The van der Waals surface area contributed by atoms with Crippen LogP contribution in [0.3, 0.4) is 0 Å². The van der Waals surface area contributed by atoms with Gasteiger partial charge in [0.2, 0.25) is 15.8 Å². The molecule has 1 saturated heterocycles. The van der Waals surface area contributed by atoms with Gasteiger partial charge in [-0.15, -0.1) is 0 Å². The van der Waals surface area contributed by atoms with Crippen LogP contribution in [0.15, 0.2) is 59.5 Å². The fraction of sp³-hybridized carbons (Fsp3) is 0.379. The average Bonchev–Trinajstić information content (AvgIpc) is 3.17. The first-order chi connectivity index (χ1) is 17.9. The van der Waals surface area contributed by atoms with Crippen LogP contribution in [0.4, 0.5) is 0 Å². The van der Waals surface area contributed by atoms with E-state index in [1.807, 2.05) is 30.5 Å². The maximum absolute atomic E-state index is 13.2. The normalized spacial score (nSPS) is 19.2. The second-order valence-electron chi connectivity index (χ2n) is 10.3. The molecule has 4 rings (SSSR count). The highest BCUT2D eigenvalue weighted by atomic mass is 35.5. The number of ketones is 1. The van der Waals surface area contributed by atoms with Gasteiger partial charge in [0, 0.05) is 40.8 Å². The van der Waals surface area contributed by atoms with Crippen LogP contribution in [0.25, 0.3) is 5.69 Å². The maximum Gasteiger partial charge on any atom is 0.338 e. The van der Waals surface area contributed by atoms with E-state index in [2.05, 4.69) is 13.8 Å². The van der Waals surface area contributed by atoms with Crippen molar-refractivity contribution in [1.82, 2.24) is 8.87 Å². The summed E-state index contributed by atoms with van der Waals surface area (Å²) in [6, 6.07) is 14.8. The van der Waals surface area contributed by atoms with Crippen LogP contribution >= 0.6 is 11.6 Å². The van der Waals surface area contributed by atoms with Crippen LogP contribution in [0, 0.1) is 25.7 Å². The number of ether oxygens (including phenoxy) is 1. The smallest absolute Gasteiger partial charge is 0.338 e. The minimum absolute atomic E-state index is 0.133. The Bertz CT molecular complexity index is 1440. The molecule has 9 heteroatoms. The van der Waals surface area contributed by atoms with Crippen LogP contribution in [-0.4, -0.2) is 48.2 Å². The van der Waals surface area contributed by atoms with Crippen molar-refractivity contribution < 1.29 is 22.7 Å². The fourth-order valence-corrected chi connectivity index (χ4v) is 7.02. The standard InChI is InChI=1S/C29H33ClN2O5S/c1-18-14-19(2)17-31(16-18)38(35,36)26-12-6-23(7-13-26)29(34)37-22(5)28(33)27-15-20(3)32(21(27)4)25-10-8-24(30)9-11-25/h6-13,15,18-19,22H,14,16-17H2,1-5H3/t18-,19-,22+/m0/s1. The zero-order valence-electron chi connectivity index (χ0n) is 22.3. The molecule has 1 aliphatic heterocycles. The van der Waals surface area contributed by atoms with Crippen molar-refractivity contribution in [2.24, 2.45) is 11.8 Å². The third-order valence-corrected chi connectivity index (χ3v) is 9.10. The van der Waals surface area contributed by atoms with Crippen LogP contribution in [-0.2, 0) is 14.8 Å². The number of halogens is 1. The highest BCUT2D eigenvalue weighted by molar-refractivity contribution is 7.89. The van der Waals surface area contributed by atoms with Gasteiger partial charge < -0.3 is 9.30 Å². The number of rotatable bonds is 7. The summed E-state index contributed by atoms with van der Waals surface area (Å²) in [5.74, 6) is -0.435. The van der Waals surface area contributed by atoms with Gasteiger partial charge in [-0.2, -0.15) is 4.31 Å². The SMILES string of the molecule is Cc1cc(C(=O)[C@@H](C)OC(=O)c2ccc(S(=O)(=O)N3C[C@@H](C)C[C@H](C)C3)cc2)c(C)n1-c1ccc(Cl)cc1. The Morgan fingerprint density at radius 1 is 0.974 bits per heavy atom. The molecule has 0 N–H and O–H groups in total. The Morgan fingerprint density at radius 2 is 1.55 bits per heavy atom. The number of esters is 1. The van der Waals surface area contributed by atoms with Gasteiger partial charge in [0.05, 0.1) is 10.5 Å². The third-order valence-electron chi connectivity index (χ3n) is 7.00. The molecule has 202 valence electrons. The van der Waals surface area contributed by atoms with Gasteiger partial charge in [0.15, 0.2) is 6.10 Å². The van der Waals surface area contributed by atoms with E-state index in [1.165, 1.54) is 35.5 Å². The molecule has 2 heterocycles. The first-order valence-corrected chi connectivity index (χ1v) is 14.5. The van der Waals surface area contributed by atoms with Crippen molar-refractivity contribution in [3.05, 3.63) is 82.1 Å². The van der Waals surface area contributed by atoms with Crippen molar-refractivity contribution in [2.45, 2.75) is 52.0 Å². The highest BCUT2D eigenvalue weighted by Gasteiger charge is 2.32. The summed E-state index contributed by atoms with van der Waals surface area (Å²) in [6.45, 7) is 10.3. The Hall–Kier alpha value is -2.94. The van der Waals surface area contributed by atoms with Crippen LogP contribution < -0.4 is 0 Å². The second kappa shape index (κ2) is 11.0. The fourth-order valence-electron chi connectivity index (χ4n) is 5.21. The van der Waals surface area contributed by atoms with Crippen molar-refractivity contribution in [3.8, 4) is 5.69 Å². The summed E-state index contributed by atoms with van der Waals surface area (Å²) >= 11 is 6.01. The number of sulfonamides is 1. The lowest BCUT2D eigenvalue weighted by molar-refractivity contribution is 0.0318. The molecule has 7 nitrogen and oxygen atoms in total. The number of hydrogen-bond donors (Lipinski definition) is 0. The molecular formula is C29H33ClN2O5S. The number of Topliss-reactive ketones (excluding diaryl/α,β-unsaturated/α-hetero) is 1. The monoisotopic (exact) mass is 556 g/mol. The van der Waals surface area contributed by atoms with Gasteiger partial charge in [-0.25, -0.2) is 13.2 Å². The number of carbonyl (C=O) groups excluding carboxylic acids is 2. The molecule has 1 aromatic heterocycles. The molecule has 0 aliphatic carbocycles. The third kappa shape index (κ3) is 5.72. The number of hydrogen-bond acceptors (Lipinski definition) is 5. The minimum atomic E-state index is -3.66. The number of benzene rings is 2. The molecule has 38 heavy (non-hydrogen) atoms. The highest BCUT2D eigenvalue weighted by Crippen LogP contribution is 2.27. The Labute approximate surface area is 229 Å². The molecule has 1 aliphatic rings. The van der Waals surface area contributed by atoms with Gasteiger partial charge in [0.1, 0.15) is 0 Å². The molecule has 2 aromatic carbocycles. The van der Waals surface area contributed by atoms with E-state index >= 15 is 0 Å². The van der Waals surface area contributed by atoms with E-state index in [1.54, 1.807) is 18.2 Å². The molecule has 0 radical (unpaired) electrons. The zero-order valence-corrected chi connectivity index (χ0v) is 23.8. The van der Waals surface area contributed by atoms with E-state index < -0.39 is 22.1 Å². The van der Waals surface area contributed by atoms with Gasteiger partial charge >= 0.3 is 5.97 Å². The zero-order chi connectivity index (χ0) is 27.8. The lowest BCUT2D eigenvalue weighted by atomic mass is 9.94.